The topological polar surface area (TPSA) is 48.7 Å². The second-order valence-corrected chi connectivity index (χ2v) is 2.91. The van der Waals surface area contributed by atoms with Crippen molar-refractivity contribution in [3.05, 3.63) is 29.6 Å². The fourth-order valence-corrected chi connectivity index (χ4v) is 1.24. The number of pyridine rings is 1. The van der Waals surface area contributed by atoms with Crippen LogP contribution in [0.4, 0.5) is 0 Å². The van der Waals surface area contributed by atoms with Crippen molar-refractivity contribution in [3.63, 3.8) is 0 Å². The summed E-state index contributed by atoms with van der Waals surface area (Å²) in [7, 11) is 0. The Morgan fingerprint density at radius 3 is 2.92 bits per heavy atom. The molecule has 1 aliphatic heterocycles. The third kappa shape index (κ3) is 1.17. The first kappa shape index (κ1) is 7.26. The van der Waals surface area contributed by atoms with Gasteiger partial charge < -0.3 is 5.32 Å². The number of nitrogens with zero attached hydrogens (tertiary/aromatic N) is 2. The van der Waals surface area contributed by atoms with E-state index in [0.717, 1.165) is 18.8 Å². The summed E-state index contributed by atoms with van der Waals surface area (Å²) in [5.74, 6) is 0.512. The van der Waals surface area contributed by atoms with E-state index in [4.69, 9.17) is 5.26 Å². The summed E-state index contributed by atoms with van der Waals surface area (Å²) < 4.78 is 0. The van der Waals surface area contributed by atoms with Crippen LogP contribution in [0.5, 0.6) is 0 Å². The Labute approximate surface area is 71.0 Å². The first-order valence-corrected chi connectivity index (χ1v) is 3.98. The smallest absolute Gasteiger partial charge is 0.140 e. The van der Waals surface area contributed by atoms with Gasteiger partial charge in [0.15, 0.2) is 0 Å². The molecule has 60 valence electrons. The first-order valence-electron chi connectivity index (χ1n) is 3.98. The molecule has 12 heavy (non-hydrogen) atoms. The molecule has 0 aliphatic carbocycles. The van der Waals surface area contributed by atoms with E-state index < -0.39 is 0 Å². The molecule has 0 radical (unpaired) electrons. The number of nitriles is 1. The summed E-state index contributed by atoms with van der Waals surface area (Å²) in [5, 5.41) is 11.8. The van der Waals surface area contributed by atoms with Gasteiger partial charge in [0.1, 0.15) is 11.8 Å². The second kappa shape index (κ2) is 2.92. The minimum atomic E-state index is 0.512. The standard InChI is InChI=1S/C9H9N3/c10-4-8-2-1-3-9(12-8)7-5-11-6-7/h1-3,7,11H,5-6H2. The molecule has 1 aliphatic rings. The van der Waals surface area contributed by atoms with E-state index in [1.165, 1.54) is 0 Å². The van der Waals surface area contributed by atoms with Gasteiger partial charge >= 0.3 is 0 Å². The van der Waals surface area contributed by atoms with Crippen LogP contribution in [0.2, 0.25) is 0 Å². The van der Waals surface area contributed by atoms with Gasteiger partial charge in [-0.25, -0.2) is 4.98 Å². The lowest BCUT2D eigenvalue weighted by Gasteiger charge is -2.26. The molecule has 1 aromatic rings. The Kier molecular flexibility index (Phi) is 1.77. The number of rotatable bonds is 1. The molecule has 2 heterocycles. The van der Waals surface area contributed by atoms with E-state index in [9.17, 15) is 0 Å². The SMILES string of the molecule is N#Cc1cccc(C2CNC2)n1. The van der Waals surface area contributed by atoms with Crippen molar-refractivity contribution in [2.24, 2.45) is 0 Å². The molecule has 1 fully saturated rings. The summed E-state index contributed by atoms with van der Waals surface area (Å²) in [6.07, 6.45) is 0. The van der Waals surface area contributed by atoms with Crippen LogP contribution in [0.3, 0.4) is 0 Å². The number of aromatic nitrogens is 1. The summed E-state index contributed by atoms with van der Waals surface area (Å²) >= 11 is 0. The molecule has 0 amide bonds. The Morgan fingerprint density at radius 2 is 2.33 bits per heavy atom. The summed E-state index contributed by atoms with van der Waals surface area (Å²) in [6.45, 7) is 1.98. The van der Waals surface area contributed by atoms with Gasteiger partial charge in [-0.2, -0.15) is 5.26 Å². The fourth-order valence-electron chi connectivity index (χ4n) is 1.24. The maximum absolute atomic E-state index is 8.61. The van der Waals surface area contributed by atoms with Crippen molar-refractivity contribution < 1.29 is 0 Å². The van der Waals surface area contributed by atoms with Gasteiger partial charge in [-0.1, -0.05) is 6.07 Å². The molecule has 0 unspecified atom stereocenters. The third-order valence-corrected chi connectivity index (χ3v) is 2.08. The van der Waals surface area contributed by atoms with Crippen molar-refractivity contribution in [1.29, 1.82) is 5.26 Å². The lowest BCUT2D eigenvalue weighted by molar-refractivity contribution is 0.439. The van der Waals surface area contributed by atoms with Crippen LogP contribution >= 0.6 is 0 Å². The molecule has 1 N–H and O–H groups in total. The first-order chi connectivity index (χ1) is 5.90. The van der Waals surface area contributed by atoms with Crippen LogP contribution < -0.4 is 5.32 Å². The Morgan fingerprint density at radius 1 is 1.50 bits per heavy atom. The molecule has 0 saturated carbocycles. The molecule has 3 nitrogen and oxygen atoms in total. The maximum atomic E-state index is 8.61. The van der Waals surface area contributed by atoms with Crippen molar-refractivity contribution >= 4 is 0 Å². The molecule has 0 bridgehead atoms. The second-order valence-electron chi connectivity index (χ2n) is 2.91. The largest absolute Gasteiger partial charge is 0.315 e. The predicted octanol–water partition coefficient (Wildman–Crippen LogP) is 0.640. The molecule has 1 aromatic heterocycles. The maximum Gasteiger partial charge on any atom is 0.140 e. The van der Waals surface area contributed by atoms with E-state index in [1.54, 1.807) is 6.07 Å². The highest BCUT2D eigenvalue weighted by Gasteiger charge is 2.19. The molecule has 0 atom stereocenters. The van der Waals surface area contributed by atoms with Crippen LogP contribution in [0.1, 0.15) is 17.3 Å². The van der Waals surface area contributed by atoms with Gasteiger partial charge in [0.05, 0.1) is 0 Å². The van der Waals surface area contributed by atoms with Gasteiger partial charge in [-0.3, -0.25) is 0 Å². The minimum Gasteiger partial charge on any atom is -0.315 e. The zero-order valence-corrected chi connectivity index (χ0v) is 6.62. The average molecular weight is 159 g/mol. The van der Waals surface area contributed by atoms with Gasteiger partial charge in [-0.05, 0) is 12.1 Å². The molecule has 1 saturated heterocycles. The lowest BCUT2D eigenvalue weighted by atomic mass is 9.99. The molecule has 2 rings (SSSR count). The van der Waals surface area contributed by atoms with E-state index in [1.807, 2.05) is 18.2 Å². The summed E-state index contributed by atoms with van der Waals surface area (Å²) in [4.78, 5) is 4.21. The fraction of sp³-hybridized carbons (Fsp3) is 0.333. The Balaban J connectivity index is 2.27. The van der Waals surface area contributed by atoms with Crippen molar-refractivity contribution in [2.45, 2.75) is 5.92 Å². The van der Waals surface area contributed by atoms with Gasteiger partial charge in [-0.15, -0.1) is 0 Å². The highest BCUT2D eigenvalue weighted by molar-refractivity contribution is 5.25. The number of hydrogen-bond donors (Lipinski definition) is 1. The quantitative estimate of drug-likeness (QED) is 0.654. The van der Waals surface area contributed by atoms with Crippen LogP contribution in [0.25, 0.3) is 0 Å². The van der Waals surface area contributed by atoms with Gasteiger partial charge in [0.2, 0.25) is 0 Å². The monoisotopic (exact) mass is 159 g/mol. The Bertz CT molecular complexity index is 323. The van der Waals surface area contributed by atoms with Crippen LogP contribution in [0, 0.1) is 11.3 Å². The summed E-state index contributed by atoms with van der Waals surface area (Å²) in [5.41, 5.74) is 1.55. The van der Waals surface area contributed by atoms with E-state index in [0.29, 0.717) is 11.6 Å². The zero-order chi connectivity index (χ0) is 8.39. The average Bonchev–Trinajstić information content (AvgIpc) is 2.02. The minimum absolute atomic E-state index is 0.512. The number of hydrogen-bond acceptors (Lipinski definition) is 3. The highest BCUT2D eigenvalue weighted by atomic mass is 15.0. The van der Waals surface area contributed by atoms with E-state index in [2.05, 4.69) is 10.3 Å². The van der Waals surface area contributed by atoms with Crippen molar-refractivity contribution in [2.75, 3.05) is 13.1 Å². The third-order valence-electron chi connectivity index (χ3n) is 2.08. The molecule has 3 heteroatoms. The van der Waals surface area contributed by atoms with Crippen molar-refractivity contribution in [1.82, 2.24) is 10.3 Å². The van der Waals surface area contributed by atoms with E-state index >= 15 is 0 Å². The van der Waals surface area contributed by atoms with E-state index in [-0.39, 0.29) is 0 Å². The Hall–Kier alpha value is -1.40. The predicted molar refractivity (Wildman–Crippen MR) is 44.6 cm³/mol. The normalized spacial score (nSPS) is 16.6. The molecular formula is C9H9N3. The molecular weight excluding hydrogens is 150 g/mol. The van der Waals surface area contributed by atoms with Crippen LogP contribution in [0.15, 0.2) is 18.2 Å². The van der Waals surface area contributed by atoms with Gasteiger partial charge in [0.25, 0.3) is 0 Å². The molecule has 0 spiro atoms. The lowest BCUT2D eigenvalue weighted by Crippen LogP contribution is -2.40. The van der Waals surface area contributed by atoms with Crippen LogP contribution in [-0.4, -0.2) is 18.1 Å². The highest BCUT2D eigenvalue weighted by Crippen LogP contribution is 2.17. The van der Waals surface area contributed by atoms with Crippen LogP contribution in [-0.2, 0) is 0 Å². The number of nitrogens with one attached hydrogen (secondary N) is 1. The summed E-state index contributed by atoms with van der Waals surface area (Å²) in [6, 6.07) is 7.64. The van der Waals surface area contributed by atoms with Gasteiger partial charge in [0, 0.05) is 24.7 Å². The zero-order valence-electron chi connectivity index (χ0n) is 6.62. The van der Waals surface area contributed by atoms with Crippen molar-refractivity contribution in [3.8, 4) is 6.07 Å². The molecule has 0 aromatic carbocycles.